The van der Waals surface area contributed by atoms with E-state index < -0.39 is 5.60 Å². The number of benzene rings is 1. The predicted molar refractivity (Wildman–Crippen MR) is 79.1 cm³/mol. The van der Waals surface area contributed by atoms with Gasteiger partial charge >= 0.3 is 0 Å². The average molecular weight is 249 g/mol. The fourth-order valence-electron chi connectivity index (χ4n) is 1.57. The van der Waals surface area contributed by atoms with Gasteiger partial charge in [0, 0.05) is 12.2 Å². The third-order valence-corrected chi connectivity index (χ3v) is 3.65. The highest BCUT2D eigenvalue weighted by Crippen LogP contribution is 2.24. The SMILES string of the molecule is CC(C)C(C)(O)CNc1ccc(C(C)(C)C)cc1. The van der Waals surface area contributed by atoms with E-state index in [0.29, 0.717) is 6.54 Å². The summed E-state index contributed by atoms with van der Waals surface area (Å²) >= 11 is 0. The fourth-order valence-corrected chi connectivity index (χ4v) is 1.57. The van der Waals surface area contributed by atoms with Crippen LogP contribution in [0.4, 0.5) is 5.69 Å². The number of aliphatic hydroxyl groups is 1. The van der Waals surface area contributed by atoms with Crippen LogP contribution in [0.5, 0.6) is 0 Å². The molecular weight excluding hydrogens is 222 g/mol. The maximum atomic E-state index is 10.2. The van der Waals surface area contributed by atoms with E-state index in [0.717, 1.165) is 5.69 Å². The van der Waals surface area contributed by atoms with Crippen molar-refractivity contribution in [2.75, 3.05) is 11.9 Å². The lowest BCUT2D eigenvalue weighted by molar-refractivity contribution is 0.0266. The Labute approximate surface area is 111 Å². The minimum absolute atomic E-state index is 0.182. The average Bonchev–Trinajstić information content (AvgIpc) is 2.25. The number of hydrogen-bond acceptors (Lipinski definition) is 2. The molecule has 2 nitrogen and oxygen atoms in total. The largest absolute Gasteiger partial charge is 0.388 e. The van der Waals surface area contributed by atoms with Crippen LogP contribution in [-0.4, -0.2) is 17.3 Å². The molecule has 0 spiro atoms. The number of anilines is 1. The summed E-state index contributed by atoms with van der Waals surface area (Å²) in [5, 5.41) is 13.5. The highest BCUT2D eigenvalue weighted by Gasteiger charge is 2.24. The molecule has 1 atom stereocenters. The van der Waals surface area contributed by atoms with Crippen LogP contribution in [0.25, 0.3) is 0 Å². The topological polar surface area (TPSA) is 32.3 Å². The van der Waals surface area contributed by atoms with Gasteiger partial charge in [-0.2, -0.15) is 0 Å². The summed E-state index contributed by atoms with van der Waals surface area (Å²) in [6.07, 6.45) is 0. The molecule has 0 aromatic heterocycles. The van der Waals surface area contributed by atoms with Crippen molar-refractivity contribution in [1.82, 2.24) is 0 Å². The van der Waals surface area contributed by atoms with Gasteiger partial charge in [0.25, 0.3) is 0 Å². The first-order chi connectivity index (χ1) is 8.13. The van der Waals surface area contributed by atoms with E-state index in [1.165, 1.54) is 5.56 Å². The number of hydrogen-bond donors (Lipinski definition) is 2. The first kappa shape index (κ1) is 15.0. The molecular formula is C16H27NO. The Morgan fingerprint density at radius 2 is 1.56 bits per heavy atom. The normalized spacial score (nSPS) is 15.6. The molecule has 0 radical (unpaired) electrons. The van der Waals surface area contributed by atoms with E-state index in [1.807, 2.05) is 20.8 Å². The van der Waals surface area contributed by atoms with Crippen LogP contribution in [0.2, 0.25) is 0 Å². The number of rotatable bonds is 4. The smallest absolute Gasteiger partial charge is 0.0813 e. The quantitative estimate of drug-likeness (QED) is 0.850. The van der Waals surface area contributed by atoms with Gasteiger partial charge in [-0.3, -0.25) is 0 Å². The Morgan fingerprint density at radius 3 is 1.94 bits per heavy atom. The predicted octanol–water partition coefficient (Wildman–Crippen LogP) is 3.80. The van der Waals surface area contributed by atoms with Crippen molar-refractivity contribution in [2.45, 2.75) is 52.6 Å². The summed E-state index contributed by atoms with van der Waals surface area (Å²) in [5.74, 6) is 0.235. The Morgan fingerprint density at radius 1 is 1.06 bits per heavy atom. The molecule has 0 bridgehead atoms. The second-order valence-corrected chi connectivity index (χ2v) is 6.69. The van der Waals surface area contributed by atoms with Crippen molar-refractivity contribution >= 4 is 5.69 Å². The van der Waals surface area contributed by atoms with E-state index in [2.05, 4.69) is 50.4 Å². The van der Waals surface area contributed by atoms with Gasteiger partial charge < -0.3 is 10.4 Å². The molecule has 0 fully saturated rings. The van der Waals surface area contributed by atoms with Crippen LogP contribution in [0, 0.1) is 5.92 Å². The second kappa shape index (κ2) is 5.31. The monoisotopic (exact) mass is 249 g/mol. The van der Waals surface area contributed by atoms with Gasteiger partial charge in [0.2, 0.25) is 0 Å². The Hall–Kier alpha value is -1.02. The molecule has 0 saturated carbocycles. The Balaban J connectivity index is 2.65. The summed E-state index contributed by atoms with van der Waals surface area (Å²) < 4.78 is 0. The molecule has 0 aliphatic carbocycles. The van der Waals surface area contributed by atoms with E-state index in [1.54, 1.807) is 0 Å². The lowest BCUT2D eigenvalue weighted by atomic mass is 9.87. The maximum Gasteiger partial charge on any atom is 0.0813 e. The molecule has 1 rings (SSSR count). The molecule has 0 heterocycles. The minimum atomic E-state index is -0.678. The molecule has 1 aromatic rings. The van der Waals surface area contributed by atoms with Crippen molar-refractivity contribution in [3.63, 3.8) is 0 Å². The first-order valence-corrected chi connectivity index (χ1v) is 6.70. The van der Waals surface area contributed by atoms with E-state index >= 15 is 0 Å². The van der Waals surface area contributed by atoms with Gasteiger partial charge in [-0.15, -0.1) is 0 Å². The van der Waals surface area contributed by atoms with Crippen molar-refractivity contribution in [3.05, 3.63) is 29.8 Å². The molecule has 0 aliphatic rings. The minimum Gasteiger partial charge on any atom is -0.388 e. The lowest BCUT2D eigenvalue weighted by Crippen LogP contribution is -2.38. The zero-order chi connectivity index (χ0) is 14.0. The summed E-state index contributed by atoms with van der Waals surface area (Å²) in [4.78, 5) is 0. The van der Waals surface area contributed by atoms with Crippen LogP contribution in [0.3, 0.4) is 0 Å². The molecule has 1 unspecified atom stereocenters. The van der Waals surface area contributed by atoms with Crippen molar-refractivity contribution in [1.29, 1.82) is 0 Å². The summed E-state index contributed by atoms with van der Waals surface area (Å²) in [6, 6.07) is 8.45. The van der Waals surface area contributed by atoms with Gasteiger partial charge in [0.05, 0.1) is 5.60 Å². The van der Waals surface area contributed by atoms with Crippen molar-refractivity contribution < 1.29 is 5.11 Å². The Bertz CT molecular complexity index is 371. The molecule has 18 heavy (non-hydrogen) atoms. The Kier molecular flexibility index (Phi) is 4.44. The fraction of sp³-hybridized carbons (Fsp3) is 0.625. The van der Waals surface area contributed by atoms with Gasteiger partial charge in [-0.1, -0.05) is 46.8 Å². The van der Waals surface area contributed by atoms with Crippen LogP contribution < -0.4 is 5.32 Å². The zero-order valence-electron chi connectivity index (χ0n) is 12.5. The van der Waals surface area contributed by atoms with Crippen molar-refractivity contribution in [2.24, 2.45) is 5.92 Å². The highest BCUT2D eigenvalue weighted by atomic mass is 16.3. The van der Waals surface area contributed by atoms with Crippen LogP contribution >= 0.6 is 0 Å². The molecule has 0 aliphatic heterocycles. The highest BCUT2D eigenvalue weighted by molar-refractivity contribution is 5.46. The molecule has 102 valence electrons. The first-order valence-electron chi connectivity index (χ1n) is 6.70. The summed E-state index contributed by atoms with van der Waals surface area (Å²) in [5.41, 5.74) is 1.89. The van der Waals surface area contributed by atoms with E-state index in [-0.39, 0.29) is 11.3 Å². The third-order valence-electron chi connectivity index (χ3n) is 3.65. The third kappa shape index (κ3) is 4.02. The van der Waals surface area contributed by atoms with Gasteiger partial charge in [0.15, 0.2) is 0 Å². The standard InChI is InChI=1S/C16H27NO/c1-12(2)16(6,18)11-17-14-9-7-13(8-10-14)15(3,4)5/h7-10,12,17-18H,11H2,1-6H3. The summed E-state index contributed by atoms with van der Waals surface area (Å²) in [6.45, 7) is 13.1. The van der Waals surface area contributed by atoms with Crippen molar-refractivity contribution in [3.8, 4) is 0 Å². The lowest BCUT2D eigenvalue weighted by Gasteiger charge is -2.28. The summed E-state index contributed by atoms with van der Waals surface area (Å²) in [7, 11) is 0. The van der Waals surface area contributed by atoms with Crippen LogP contribution in [-0.2, 0) is 5.41 Å². The number of nitrogens with one attached hydrogen (secondary N) is 1. The molecule has 1 aromatic carbocycles. The molecule has 2 heteroatoms. The van der Waals surface area contributed by atoms with Gasteiger partial charge in [0.1, 0.15) is 0 Å². The van der Waals surface area contributed by atoms with Gasteiger partial charge in [-0.05, 0) is 36.0 Å². The van der Waals surface area contributed by atoms with E-state index in [9.17, 15) is 5.11 Å². The molecule has 2 N–H and O–H groups in total. The van der Waals surface area contributed by atoms with Crippen LogP contribution in [0.15, 0.2) is 24.3 Å². The van der Waals surface area contributed by atoms with E-state index in [4.69, 9.17) is 0 Å². The van der Waals surface area contributed by atoms with Gasteiger partial charge in [-0.25, -0.2) is 0 Å². The second-order valence-electron chi connectivity index (χ2n) is 6.69. The molecule has 0 saturated heterocycles. The molecule has 0 amide bonds. The van der Waals surface area contributed by atoms with Crippen LogP contribution in [0.1, 0.15) is 47.1 Å². The zero-order valence-corrected chi connectivity index (χ0v) is 12.5. The maximum absolute atomic E-state index is 10.2.